The van der Waals surface area contributed by atoms with Gasteiger partial charge in [-0.1, -0.05) is 12.1 Å². The first-order valence-corrected chi connectivity index (χ1v) is 10.3. The van der Waals surface area contributed by atoms with E-state index in [0.717, 1.165) is 5.56 Å². The molecule has 1 N–H and O–H groups in total. The quantitative estimate of drug-likeness (QED) is 0.541. The summed E-state index contributed by atoms with van der Waals surface area (Å²) in [6.45, 7) is 2.30. The molecule has 1 aliphatic rings. The van der Waals surface area contributed by atoms with E-state index in [1.807, 2.05) is 6.92 Å². The van der Waals surface area contributed by atoms with Crippen molar-refractivity contribution >= 4 is 40.6 Å². The lowest BCUT2D eigenvalue weighted by molar-refractivity contribution is -0.122. The lowest BCUT2D eigenvalue weighted by Gasteiger charge is -2.11. The Balaban J connectivity index is 1.58. The Morgan fingerprint density at radius 3 is 2.48 bits per heavy atom. The molecular formula is C23H17FN2O4S. The summed E-state index contributed by atoms with van der Waals surface area (Å²) in [6, 6.07) is 15.6. The second-order valence-corrected chi connectivity index (χ2v) is 7.62. The highest BCUT2D eigenvalue weighted by atomic mass is 32.2. The molecule has 0 radical (unpaired) electrons. The maximum atomic E-state index is 13.1. The van der Waals surface area contributed by atoms with Crippen molar-refractivity contribution in [3.8, 4) is 11.3 Å². The molecule has 1 fully saturated rings. The van der Waals surface area contributed by atoms with Crippen molar-refractivity contribution in [2.75, 3.05) is 6.54 Å². The van der Waals surface area contributed by atoms with E-state index in [-0.39, 0.29) is 17.3 Å². The minimum absolute atomic E-state index is 0.183. The Morgan fingerprint density at radius 2 is 1.84 bits per heavy atom. The fraction of sp³-hybridized carbons (Fsp3) is 0.0870. The number of furan rings is 1. The fourth-order valence-electron chi connectivity index (χ4n) is 2.99. The highest BCUT2D eigenvalue weighted by Crippen LogP contribution is 2.35. The number of likely N-dealkylation sites (N-methyl/N-ethyl adjacent to an activating group) is 1. The number of halogens is 1. The highest BCUT2D eigenvalue weighted by Gasteiger charge is 2.32. The summed E-state index contributed by atoms with van der Waals surface area (Å²) < 4.78 is 19.0. The highest BCUT2D eigenvalue weighted by molar-refractivity contribution is 8.18. The summed E-state index contributed by atoms with van der Waals surface area (Å²) >= 11 is 1.22. The summed E-state index contributed by atoms with van der Waals surface area (Å²) in [6.07, 6.45) is 1.65. The minimum Gasteiger partial charge on any atom is -0.478 e. The fourth-order valence-corrected chi connectivity index (χ4v) is 4.03. The second-order valence-electron chi connectivity index (χ2n) is 6.62. The molecule has 8 heteroatoms. The molecule has 3 aromatic rings. The number of amides is 1. The molecule has 0 aliphatic carbocycles. The van der Waals surface area contributed by atoms with Crippen LogP contribution >= 0.6 is 11.8 Å². The van der Waals surface area contributed by atoms with E-state index in [1.165, 1.54) is 36.0 Å². The Kier molecular flexibility index (Phi) is 5.73. The number of carboxylic acid groups (broad SMARTS) is 1. The number of hydrogen-bond acceptors (Lipinski definition) is 5. The van der Waals surface area contributed by atoms with Crippen molar-refractivity contribution in [1.82, 2.24) is 4.90 Å². The number of amidine groups is 1. The van der Waals surface area contributed by atoms with Crippen molar-refractivity contribution in [3.63, 3.8) is 0 Å². The van der Waals surface area contributed by atoms with Crippen LogP contribution in [-0.2, 0) is 4.79 Å². The van der Waals surface area contributed by atoms with Crippen LogP contribution in [0.5, 0.6) is 0 Å². The molecule has 0 saturated carbocycles. The van der Waals surface area contributed by atoms with Crippen molar-refractivity contribution < 1.29 is 23.5 Å². The minimum atomic E-state index is -0.994. The van der Waals surface area contributed by atoms with Crippen LogP contribution < -0.4 is 0 Å². The van der Waals surface area contributed by atoms with Gasteiger partial charge in [-0.05, 0) is 67.2 Å². The molecule has 1 amide bonds. The van der Waals surface area contributed by atoms with Crippen LogP contribution in [0, 0.1) is 5.82 Å². The van der Waals surface area contributed by atoms with E-state index >= 15 is 0 Å². The molecule has 0 atom stereocenters. The number of carbonyl (C=O) groups is 2. The molecule has 1 aliphatic heterocycles. The average Bonchev–Trinajstić information content (AvgIpc) is 3.34. The van der Waals surface area contributed by atoms with Gasteiger partial charge in [0.2, 0.25) is 0 Å². The number of rotatable bonds is 5. The van der Waals surface area contributed by atoms with Gasteiger partial charge in [-0.25, -0.2) is 14.2 Å². The molecule has 31 heavy (non-hydrogen) atoms. The summed E-state index contributed by atoms with van der Waals surface area (Å²) in [5.41, 5.74) is 1.48. The largest absolute Gasteiger partial charge is 0.478 e. The number of aliphatic imine (C=N–C) groups is 1. The second kappa shape index (κ2) is 8.61. The molecule has 0 unspecified atom stereocenters. The lowest BCUT2D eigenvalue weighted by atomic mass is 10.1. The van der Waals surface area contributed by atoms with Gasteiger partial charge in [0, 0.05) is 18.2 Å². The summed E-state index contributed by atoms with van der Waals surface area (Å²) in [4.78, 5) is 30.2. The molecule has 2 heterocycles. The Labute approximate surface area is 181 Å². The van der Waals surface area contributed by atoms with E-state index in [1.54, 1.807) is 47.4 Å². The molecule has 0 spiro atoms. The SMILES string of the molecule is CCN1C(=O)/C(=C\c2ccc(-c3ccc(C(=O)O)cc3)o2)SC1=Nc1ccc(F)cc1. The maximum Gasteiger partial charge on any atom is 0.335 e. The zero-order valence-corrected chi connectivity index (χ0v) is 17.2. The monoisotopic (exact) mass is 436 g/mol. The van der Waals surface area contributed by atoms with E-state index < -0.39 is 5.97 Å². The third kappa shape index (κ3) is 4.44. The van der Waals surface area contributed by atoms with Crippen molar-refractivity contribution in [2.24, 2.45) is 4.99 Å². The van der Waals surface area contributed by atoms with Crippen LogP contribution in [0.25, 0.3) is 17.4 Å². The number of nitrogens with zero attached hydrogens (tertiary/aromatic N) is 2. The van der Waals surface area contributed by atoms with Gasteiger partial charge in [0.1, 0.15) is 17.3 Å². The molecule has 2 aromatic carbocycles. The van der Waals surface area contributed by atoms with Crippen molar-refractivity contribution in [2.45, 2.75) is 6.92 Å². The zero-order valence-electron chi connectivity index (χ0n) is 16.4. The molecule has 0 bridgehead atoms. The predicted molar refractivity (Wildman–Crippen MR) is 118 cm³/mol. The first kappa shape index (κ1) is 20.6. The van der Waals surface area contributed by atoms with E-state index in [0.29, 0.717) is 33.8 Å². The van der Waals surface area contributed by atoms with Crippen LogP contribution in [0.4, 0.5) is 10.1 Å². The summed E-state index contributed by atoms with van der Waals surface area (Å²) in [5.74, 6) is -0.471. The van der Waals surface area contributed by atoms with Gasteiger partial charge in [-0.2, -0.15) is 0 Å². The van der Waals surface area contributed by atoms with Gasteiger partial charge in [-0.3, -0.25) is 9.69 Å². The number of carbonyl (C=O) groups excluding carboxylic acids is 1. The number of hydrogen-bond donors (Lipinski definition) is 1. The molecule has 6 nitrogen and oxygen atoms in total. The zero-order chi connectivity index (χ0) is 22.0. The first-order chi connectivity index (χ1) is 14.9. The number of thioether (sulfide) groups is 1. The smallest absolute Gasteiger partial charge is 0.335 e. The van der Waals surface area contributed by atoms with Crippen LogP contribution in [0.1, 0.15) is 23.0 Å². The van der Waals surface area contributed by atoms with Gasteiger partial charge in [-0.15, -0.1) is 0 Å². The third-order valence-electron chi connectivity index (χ3n) is 4.57. The molecule has 156 valence electrons. The summed E-state index contributed by atoms with van der Waals surface area (Å²) in [5, 5.41) is 9.52. The lowest BCUT2D eigenvalue weighted by Crippen LogP contribution is -2.28. The van der Waals surface area contributed by atoms with Crippen LogP contribution in [0.2, 0.25) is 0 Å². The van der Waals surface area contributed by atoms with Gasteiger partial charge in [0.05, 0.1) is 16.2 Å². The van der Waals surface area contributed by atoms with E-state index in [4.69, 9.17) is 9.52 Å². The van der Waals surface area contributed by atoms with Crippen LogP contribution in [0.3, 0.4) is 0 Å². The molecule has 1 saturated heterocycles. The Morgan fingerprint density at radius 1 is 1.13 bits per heavy atom. The van der Waals surface area contributed by atoms with Gasteiger partial charge in [0.25, 0.3) is 5.91 Å². The number of aromatic carboxylic acids is 1. The molecule has 4 rings (SSSR count). The van der Waals surface area contributed by atoms with Crippen molar-refractivity contribution in [1.29, 1.82) is 0 Å². The standard InChI is InChI=1S/C23H17FN2O4S/c1-2-26-21(27)20(31-23(26)25-17-9-7-16(24)8-10-17)13-18-11-12-19(30-18)14-3-5-15(6-4-14)22(28)29/h3-13H,2H2,1H3,(H,28,29)/b20-13+,25-23?. The normalized spacial score (nSPS) is 16.5. The third-order valence-corrected chi connectivity index (χ3v) is 5.58. The summed E-state index contributed by atoms with van der Waals surface area (Å²) in [7, 11) is 0. The van der Waals surface area contributed by atoms with Crippen LogP contribution in [0.15, 0.2) is 75.0 Å². The van der Waals surface area contributed by atoms with E-state index in [9.17, 15) is 14.0 Å². The average molecular weight is 436 g/mol. The van der Waals surface area contributed by atoms with Crippen LogP contribution in [-0.4, -0.2) is 33.6 Å². The molecular weight excluding hydrogens is 419 g/mol. The number of carboxylic acids is 1. The number of benzene rings is 2. The van der Waals surface area contributed by atoms with Gasteiger partial charge in [0.15, 0.2) is 5.17 Å². The predicted octanol–water partition coefficient (Wildman–Crippen LogP) is 5.41. The maximum absolute atomic E-state index is 13.1. The van der Waals surface area contributed by atoms with Gasteiger partial charge < -0.3 is 9.52 Å². The molecule has 1 aromatic heterocycles. The Hall–Kier alpha value is -3.65. The van der Waals surface area contributed by atoms with Gasteiger partial charge >= 0.3 is 5.97 Å². The van der Waals surface area contributed by atoms with Crippen molar-refractivity contribution in [3.05, 3.63) is 82.7 Å². The topological polar surface area (TPSA) is 83.1 Å². The Bertz CT molecular complexity index is 1200. The van der Waals surface area contributed by atoms with E-state index in [2.05, 4.69) is 4.99 Å². The first-order valence-electron chi connectivity index (χ1n) is 9.44.